The Morgan fingerprint density at radius 1 is 1.15 bits per heavy atom. The van der Waals surface area contributed by atoms with E-state index in [1.807, 2.05) is 4.90 Å². The molecule has 2 N–H and O–H groups in total. The molecule has 26 heavy (non-hydrogen) atoms. The zero-order valence-corrected chi connectivity index (χ0v) is 15.1. The summed E-state index contributed by atoms with van der Waals surface area (Å²) in [5, 5.41) is 20.7. The molecule has 1 aliphatic heterocycles. The first-order valence-electron chi connectivity index (χ1n) is 8.56. The van der Waals surface area contributed by atoms with Crippen LogP contribution in [0.1, 0.15) is 16.1 Å². The van der Waals surface area contributed by atoms with Crippen LogP contribution >= 0.6 is 11.3 Å². The van der Waals surface area contributed by atoms with Crippen molar-refractivity contribution in [2.24, 2.45) is 0 Å². The fourth-order valence-corrected chi connectivity index (χ4v) is 3.79. The normalized spacial score (nSPS) is 15.3. The number of piperazine rings is 1. The van der Waals surface area contributed by atoms with Gasteiger partial charge >= 0.3 is 0 Å². The van der Waals surface area contributed by atoms with Gasteiger partial charge in [-0.25, -0.2) is 0 Å². The molecule has 0 spiro atoms. The summed E-state index contributed by atoms with van der Waals surface area (Å²) in [4.78, 5) is 17.0. The van der Waals surface area contributed by atoms with Gasteiger partial charge in [0.25, 0.3) is 5.91 Å². The van der Waals surface area contributed by atoms with E-state index < -0.39 is 0 Å². The van der Waals surface area contributed by atoms with Crippen LogP contribution in [0, 0.1) is 0 Å². The Morgan fingerprint density at radius 3 is 2.62 bits per heavy atom. The molecule has 4 rings (SSSR count). The second-order valence-corrected chi connectivity index (χ2v) is 7.19. The lowest BCUT2D eigenvalue weighted by Crippen LogP contribution is -2.48. The van der Waals surface area contributed by atoms with Crippen molar-refractivity contribution in [2.45, 2.75) is 6.54 Å². The number of nitrogens with one attached hydrogen (secondary N) is 1. The standard InChI is InChI=1S/C19H20N4O2S/c24-16-3-1-15(2-4-16)17-11-18(21-20-17)19(25)23-8-6-22(7-9-23)12-14-5-10-26-13-14/h1-5,10-11,13,24H,6-9,12H2,(H,20,21). The number of carbonyl (C=O) groups excluding carboxylic acids is 1. The van der Waals surface area contributed by atoms with Gasteiger partial charge in [0.15, 0.2) is 0 Å². The molecule has 0 atom stereocenters. The summed E-state index contributed by atoms with van der Waals surface area (Å²) in [7, 11) is 0. The van der Waals surface area contributed by atoms with Crippen molar-refractivity contribution in [1.29, 1.82) is 0 Å². The lowest BCUT2D eigenvalue weighted by Gasteiger charge is -2.34. The van der Waals surface area contributed by atoms with Gasteiger partial charge in [0, 0.05) is 38.3 Å². The number of nitrogens with zero attached hydrogens (tertiary/aromatic N) is 3. The maximum absolute atomic E-state index is 12.7. The Labute approximate surface area is 155 Å². The highest BCUT2D eigenvalue weighted by molar-refractivity contribution is 7.07. The molecule has 0 unspecified atom stereocenters. The van der Waals surface area contributed by atoms with Crippen LogP contribution in [0.4, 0.5) is 0 Å². The van der Waals surface area contributed by atoms with Crippen molar-refractivity contribution in [3.05, 3.63) is 58.4 Å². The summed E-state index contributed by atoms with van der Waals surface area (Å²) >= 11 is 1.72. The minimum atomic E-state index is -0.0160. The molecule has 3 heterocycles. The van der Waals surface area contributed by atoms with E-state index in [0.29, 0.717) is 11.4 Å². The second-order valence-electron chi connectivity index (χ2n) is 6.41. The lowest BCUT2D eigenvalue weighted by atomic mass is 10.1. The number of hydrogen-bond donors (Lipinski definition) is 2. The molecule has 0 aliphatic carbocycles. The van der Waals surface area contributed by atoms with Crippen molar-refractivity contribution in [1.82, 2.24) is 20.0 Å². The second kappa shape index (κ2) is 7.31. The number of phenolic OH excluding ortho intramolecular Hbond substituents is 1. The number of rotatable bonds is 4. The molecule has 0 radical (unpaired) electrons. The molecule has 1 aliphatic rings. The number of thiophene rings is 1. The van der Waals surface area contributed by atoms with E-state index in [1.54, 1.807) is 41.7 Å². The number of amides is 1. The lowest BCUT2D eigenvalue weighted by molar-refractivity contribution is 0.0623. The van der Waals surface area contributed by atoms with Crippen LogP contribution in [0.25, 0.3) is 11.3 Å². The van der Waals surface area contributed by atoms with Crippen molar-refractivity contribution in [2.75, 3.05) is 26.2 Å². The monoisotopic (exact) mass is 368 g/mol. The van der Waals surface area contributed by atoms with Gasteiger partial charge in [-0.2, -0.15) is 16.4 Å². The first-order chi connectivity index (χ1) is 12.7. The van der Waals surface area contributed by atoms with Gasteiger partial charge in [-0.05, 0) is 52.7 Å². The Morgan fingerprint density at radius 2 is 1.92 bits per heavy atom. The van der Waals surface area contributed by atoms with Crippen molar-refractivity contribution in [3.8, 4) is 17.0 Å². The van der Waals surface area contributed by atoms with E-state index >= 15 is 0 Å². The zero-order chi connectivity index (χ0) is 17.9. The number of H-pyrrole nitrogens is 1. The van der Waals surface area contributed by atoms with E-state index in [0.717, 1.165) is 38.3 Å². The highest BCUT2D eigenvalue weighted by atomic mass is 32.1. The van der Waals surface area contributed by atoms with Crippen LogP contribution in [0.15, 0.2) is 47.2 Å². The van der Waals surface area contributed by atoms with E-state index in [1.165, 1.54) is 5.56 Å². The van der Waals surface area contributed by atoms with Crippen LogP contribution in [0.2, 0.25) is 0 Å². The summed E-state index contributed by atoms with van der Waals surface area (Å²) in [5.74, 6) is 0.193. The first kappa shape index (κ1) is 16.8. The van der Waals surface area contributed by atoms with Crippen LogP contribution in [-0.2, 0) is 6.54 Å². The number of hydrogen-bond acceptors (Lipinski definition) is 5. The summed E-state index contributed by atoms with van der Waals surface area (Å²) in [6.07, 6.45) is 0. The highest BCUT2D eigenvalue weighted by Gasteiger charge is 2.23. The van der Waals surface area contributed by atoms with Crippen LogP contribution in [-0.4, -0.2) is 57.2 Å². The first-order valence-corrected chi connectivity index (χ1v) is 9.51. The number of benzene rings is 1. The van der Waals surface area contributed by atoms with Crippen LogP contribution in [0.5, 0.6) is 5.75 Å². The van der Waals surface area contributed by atoms with Gasteiger partial charge in [-0.1, -0.05) is 0 Å². The molecule has 2 aromatic heterocycles. The third-order valence-corrected chi connectivity index (χ3v) is 5.35. The molecule has 7 heteroatoms. The highest BCUT2D eigenvalue weighted by Crippen LogP contribution is 2.21. The maximum atomic E-state index is 12.7. The third kappa shape index (κ3) is 3.63. The van der Waals surface area contributed by atoms with Gasteiger partial charge in [0.05, 0.1) is 5.69 Å². The van der Waals surface area contributed by atoms with E-state index in [2.05, 4.69) is 31.9 Å². The van der Waals surface area contributed by atoms with Gasteiger partial charge in [-0.15, -0.1) is 0 Å². The zero-order valence-electron chi connectivity index (χ0n) is 14.3. The quantitative estimate of drug-likeness (QED) is 0.743. The fourth-order valence-electron chi connectivity index (χ4n) is 3.13. The Hall–Kier alpha value is -2.64. The number of carbonyl (C=O) groups is 1. The Balaban J connectivity index is 1.37. The van der Waals surface area contributed by atoms with E-state index in [9.17, 15) is 9.90 Å². The van der Waals surface area contributed by atoms with Gasteiger partial charge in [-0.3, -0.25) is 14.8 Å². The number of aromatic nitrogens is 2. The van der Waals surface area contributed by atoms with Gasteiger partial charge in [0.2, 0.25) is 0 Å². The number of phenols is 1. The van der Waals surface area contributed by atoms with Crippen molar-refractivity contribution in [3.63, 3.8) is 0 Å². The molecule has 6 nitrogen and oxygen atoms in total. The largest absolute Gasteiger partial charge is 0.508 e. The minimum Gasteiger partial charge on any atom is -0.508 e. The van der Waals surface area contributed by atoms with Crippen molar-refractivity contribution >= 4 is 17.2 Å². The molecule has 1 fully saturated rings. The van der Waals surface area contributed by atoms with Gasteiger partial charge in [0.1, 0.15) is 11.4 Å². The summed E-state index contributed by atoms with van der Waals surface area (Å²) in [5.41, 5.74) is 3.39. The molecule has 1 saturated heterocycles. The van der Waals surface area contributed by atoms with Crippen LogP contribution < -0.4 is 0 Å². The minimum absolute atomic E-state index is 0.0160. The van der Waals surface area contributed by atoms with E-state index in [-0.39, 0.29) is 11.7 Å². The molecule has 0 saturated carbocycles. The van der Waals surface area contributed by atoms with E-state index in [4.69, 9.17) is 0 Å². The summed E-state index contributed by atoms with van der Waals surface area (Å²) in [6, 6.07) is 10.7. The third-order valence-electron chi connectivity index (χ3n) is 4.62. The fraction of sp³-hybridized carbons (Fsp3) is 0.263. The van der Waals surface area contributed by atoms with Crippen LogP contribution in [0.3, 0.4) is 0 Å². The number of aromatic hydroxyl groups is 1. The maximum Gasteiger partial charge on any atom is 0.271 e. The topological polar surface area (TPSA) is 72.5 Å². The average Bonchev–Trinajstić information content (AvgIpc) is 3.34. The molecular formula is C19H20N4O2S. The Bertz CT molecular complexity index is 865. The molecule has 1 aromatic carbocycles. The summed E-state index contributed by atoms with van der Waals surface area (Å²) in [6.45, 7) is 4.13. The predicted molar refractivity (Wildman–Crippen MR) is 101 cm³/mol. The molecular weight excluding hydrogens is 348 g/mol. The van der Waals surface area contributed by atoms with Crippen molar-refractivity contribution < 1.29 is 9.90 Å². The smallest absolute Gasteiger partial charge is 0.271 e. The molecule has 3 aromatic rings. The average molecular weight is 368 g/mol. The SMILES string of the molecule is O=C(c1cc(-c2ccc(O)cc2)n[nH]1)N1CCN(Cc2ccsc2)CC1. The molecule has 0 bridgehead atoms. The molecule has 134 valence electrons. The summed E-state index contributed by atoms with van der Waals surface area (Å²) < 4.78 is 0. The molecule has 1 amide bonds. The predicted octanol–water partition coefficient (Wildman–Crippen LogP) is 2.80. The Kier molecular flexibility index (Phi) is 4.73. The number of aromatic amines is 1. The van der Waals surface area contributed by atoms with Gasteiger partial charge < -0.3 is 10.0 Å².